The number of benzene rings is 1. The quantitative estimate of drug-likeness (QED) is 0.334. The molecular weight excluding hydrogens is 388 g/mol. The largest absolute Gasteiger partial charge is 0.461 e. The number of esters is 1. The number of ketones is 1. The molecular formula is C20H17ClO5S. The molecule has 0 aliphatic carbocycles. The third-order valence-electron chi connectivity index (χ3n) is 4.07. The number of hydrogen-bond donors (Lipinski definition) is 0. The highest BCUT2D eigenvalue weighted by molar-refractivity contribution is 7.14. The van der Waals surface area contributed by atoms with Crippen LogP contribution in [0.5, 0.6) is 0 Å². The predicted octanol–water partition coefficient (Wildman–Crippen LogP) is 4.83. The Labute approximate surface area is 164 Å². The summed E-state index contributed by atoms with van der Waals surface area (Å²) in [6, 6.07) is 8.26. The Balaban J connectivity index is 1.66. The van der Waals surface area contributed by atoms with Crippen molar-refractivity contribution in [3.63, 3.8) is 0 Å². The predicted molar refractivity (Wildman–Crippen MR) is 105 cm³/mol. The molecule has 0 amide bonds. The molecule has 0 atom stereocenters. The van der Waals surface area contributed by atoms with Crippen molar-refractivity contribution in [2.75, 3.05) is 0 Å². The lowest BCUT2D eigenvalue weighted by molar-refractivity contribution is -0.144. The van der Waals surface area contributed by atoms with E-state index in [1.54, 1.807) is 25.1 Å². The first-order valence-electron chi connectivity index (χ1n) is 8.31. The molecule has 3 rings (SSSR count). The van der Waals surface area contributed by atoms with E-state index in [0.29, 0.717) is 26.4 Å². The smallest absolute Gasteiger partial charge is 0.336 e. The number of aryl methyl sites for hydroxylation is 2. The molecule has 5 nitrogen and oxygen atoms in total. The molecule has 0 N–H and O–H groups in total. The van der Waals surface area contributed by atoms with Crippen molar-refractivity contribution in [3.8, 4) is 0 Å². The molecule has 0 aliphatic heterocycles. The third-order valence-corrected chi connectivity index (χ3v) is 5.52. The molecule has 7 heteroatoms. The van der Waals surface area contributed by atoms with E-state index >= 15 is 0 Å². The molecule has 0 radical (unpaired) electrons. The van der Waals surface area contributed by atoms with Crippen molar-refractivity contribution in [2.24, 2.45) is 0 Å². The van der Waals surface area contributed by atoms with E-state index in [-0.39, 0.29) is 25.2 Å². The van der Waals surface area contributed by atoms with Gasteiger partial charge in [-0.15, -0.1) is 11.3 Å². The molecule has 3 aromatic rings. The van der Waals surface area contributed by atoms with Gasteiger partial charge < -0.3 is 9.15 Å². The molecule has 0 saturated carbocycles. The van der Waals surface area contributed by atoms with Crippen molar-refractivity contribution in [1.82, 2.24) is 0 Å². The third kappa shape index (κ3) is 4.64. The Bertz CT molecular complexity index is 1080. The zero-order valence-corrected chi connectivity index (χ0v) is 16.4. The molecule has 140 valence electrons. The normalized spacial score (nSPS) is 10.9. The van der Waals surface area contributed by atoms with Crippen LogP contribution in [0.25, 0.3) is 11.0 Å². The average Bonchev–Trinajstić information content (AvgIpc) is 3.05. The monoisotopic (exact) mass is 404 g/mol. The number of hydrogen-bond acceptors (Lipinski definition) is 6. The highest BCUT2D eigenvalue weighted by Gasteiger charge is 2.14. The second-order valence-electron chi connectivity index (χ2n) is 6.18. The summed E-state index contributed by atoms with van der Waals surface area (Å²) in [6.45, 7) is 3.64. The number of rotatable bonds is 6. The molecule has 2 heterocycles. The van der Waals surface area contributed by atoms with Crippen LogP contribution in [0.4, 0.5) is 0 Å². The zero-order chi connectivity index (χ0) is 19.6. The number of carbonyl (C=O) groups is 2. The maximum absolute atomic E-state index is 12.1. The van der Waals surface area contributed by atoms with E-state index in [1.807, 2.05) is 13.0 Å². The van der Waals surface area contributed by atoms with Gasteiger partial charge in [0, 0.05) is 33.3 Å². The summed E-state index contributed by atoms with van der Waals surface area (Å²) in [4.78, 5) is 37.5. The lowest BCUT2D eigenvalue weighted by Gasteiger charge is -2.08. The lowest BCUT2D eigenvalue weighted by Crippen LogP contribution is -2.09. The van der Waals surface area contributed by atoms with E-state index in [4.69, 9.17) is 20.8 Å². The fourth-order valence-electron chi connectivity index (χ4n) is 2.62. The van der Waals surface area contributed by atoms with Crippen LogP contribution in [0, 0.1) is 13.8 Å². The molecule has 0 fully saturated rings. The number of halogens is 1. The van der Waals surface area contributed by atoms with E-state index in [0.717, 1.165) is 10.4 Å². The summed E-state index contributed by atoms with van der Waals surface area (Å²) in [5.74, 6) is -0.589. The topological polar surface area (TPSA) is 73.6 Å². The van der Waals surface area contributed by atoms with Gasteiger partial charge in [-0.05, 0) is 43.7 Å². The molecule has 0 aliphatic rings. The molecule has 27 heavy (non-hydrogen) atoms. The zero-order valence-electron chi connectivity index (χ0n) is 14.8. The SMILES string of the molecule is Cc1ccc(C(=O)CCC(=O)OCc2cc(=O)oc3cc(C)c(Cl)cc23)s1. The van der Waals surface area contributed by atoms with Crippen molar-refractivity contribution >= 4 is 45.7 Å². The van der Waals surface area contributed by atoms with Crippen LogP contribution >= 0.6 is 22.9 Å². The standard InChI is InChI=1S/C20H17ClO5S/c1-11-7-17-14(9-15(11)21)13(8-20(24)26-17)10-25-19(23)6-4-16(22)18-5-3-12(2)27-18/h3,5,7-9H,4,6,10H2,1-2H3. The van der Waals surface area contributed by atoms with Crippen molar-refractivity contribution in [3.05, 3.63) is 66.7 Å². The Morgan fingerprint density at radius 2 is 1.93 bits per heavy atom. The minimum atomic E-state index is -0.529. The summed E-state index contributed by atoms with van der Waals surface area (Å²) < 4.78 is 10.4. The van der Waals surface area contributed by atoms with E-state index < -0.39 is 11.6 Å². The van der Waals surface area contributed by atoms with Crippen LogP contribution in [0.2, 0.25) is 5.02 Å². The maximum Gasteiger partial charge on any atom is 0.336 e. The summed E-state index contributed by atoms with van der Waals surface area (Å²) >= 11 is 7.55. The van der Waals surface area contributed by atoms with Gasteiger partial charge in [-0.25, -0.2) is 4.79 Å². The van der Waals surface area contributed by atoms with Gasteiger partial charge in [0.1, 0.15) is 12.2 Å². The van der Waals surface area contributed by atoms with Gasteiger partial charge >= 0.3 is 11.6 Å². The Hall–Kier alpha value is -2.44. The van der Waals surface area contributed by atoms with Gasteiger partial charge in [0.25, 0.3) is 0 Å². The second kappa shape index (κ2) is 8.06. The molecule has 0 spiro atoms. The first-order chi connectivity index (χ1) is 12.8. The van der Waals surface area contributed by atoms with Crippen LogP contribution in [0.1, 0.15) is 38.5 Å². The van der Waals surface area contributed by atoms with Crippen molar-refractivity contribution < 1.29 is 18.7 Å². The lowest BCUT2D eigenvalue weighted by atomic mass is 10.1. The van der Waals surface area contributed by atoms with Gasteiger partial charge in [-0.3, -0.25) is 9.59 Å². The minimum absolute atomic E-state index is 0.0188. The summed E-state index contributed by atoms with van der Waals surface area (Å²) in [5, 5.41) is 1.14. The number of Topliss-reactive ketones (excluding diaryl/α,β-unsaturated/α-hetero) is 1. The molecule has 0 saturated heterocycles. The van der Waals surface area contributed by atoms with Gasteiger partial charge in [0.2, 0.25) is 0 Å². The van der Waals surface area contributed by atoms with Crippen molar-refractivity contribution in [1.29, 1.82) is 0 Å². The Kier molecular flexibility index (Phi) is 5.77. The number of fused-ring (bicyclic) bond motifs is 1. The Morgan fingerprint density at radius 3 is 2.63 bits per heavy atom. The highest BCUT2D eigenvalue weighted by atomic mass is 35.5. The first kappa shape index (κ1) is 19.3. The summed E-state index contributed by atoms with van der Waals surface area (Å²) in [6.07, 6.45) is 0.0660. The number of carbonyl (C=O) groups excluding carboxylic acids is 2. The fourth-order valence-corrected chi connectivity index (χ4v) is 3.62. The Morgan fingerprint density at radius 1 is 1.15 bits per heavy atom. The maximum atomic E-state index is 12.1. The first-order valence-corrected chi connectivity index (χ1v) is 9.51. The van der Waals surface area contributed by atoms with Gasteiger partial charge in [-0.2, -0.15) is 0 Å². The van der Waals surface area contributed by atoms with Crippen LogP contribution in [0.15, 0.2) is 39.5 Å². The van der Waals surface area contributed by atoms with Crippen molar-refractivity contribution in [2.45, 2.75) is 33.3 Å². The van der Waals surface area contributed by atoms with Crippen LogP contribution in [-0.4, -0.2) is 11.8 Å². The molecule has 1 aromatic carbocycles. The van der Waals surface area contributed by atoms with Crippen LogP contribution < -0.4 is 5.63 Å². The summed E-state index contributed by atoms with van der Waals surface area (Å²) in [7, 11) is 0. The number of ether oxygens (including phenoxy) is 1. The fraction of sp³-hybridized carbons (Fsp3) is 0.250. The molecule has 2 aromatic heterocycles. The van der Waals surface area contributed by atoms with Gasteiger partial charge in [-0.1, -0.05) is 11.6 Å². The van der Waals surface area contributed by atoms with E-state index in [2.05, 4.69) is 0 Å². The van der Waals surface area contributed by atoms with E-state index in [9.17, 15) is 14.4 Å². The summed E-state index contributed by atoms with van der Waals surface area (Å²) in [5.41, 5.74) is 1.15. The van der Waals surface area contributed by atoms with Gasteiger partial charge in [0.15, 0.2) is 5.78 Å². The molecule has 0 bridgehead atoms. The van der Waals surface area contributed by atoms with Crippen LogP contribution in [0.3, 0.4) is 0 Å². The second-order valence-corrected chi connectivity index (χ2v) is 7.88. The minimum Gasteiger partial charge on any atom is -0.461 e. The average molecular weight is 405 g/mol. The number of thiophene rings is 1. The van der Waals surface area contributed by atoms with E-state index in [1.165, 1.54) is 17.4 Å². The van der Waals surface area contributed by atoms with Crippen LogP contribution in [-0.2, 0) is 16.1 Å². The molecule has 0 unspecified atom stereocenters. The van der Waals surface area contributed by atoms with Gasteiger partial charge in [0.05, 0.1) is 11.3 Å². The highest BCUT2D eigenvalue weighted by Crippen LogP contribution is 2.25.